The summed E-state index contributed by atoms with van der Waals surface area (Å²) in [4.78, 5) is 17.8. The Morgan fingerprint density at radius 1 is 1.24 bits per heavy atom. The first-order valence-corrected chi connectivity index (χ1v) is 10.8. The highest BCUT2D eigenvalue weighted by Gasteiger charge is 2.41. The van der Waals surface area contributed by atoms with Crippen molar-refractivity contribution in [2.75, 3.05) is 0 Å². The van der Waals surface area contributed by atoms with Crippen molar-refractivity contribution in [3.05, 3.63) is 47.7 Å². The molecule has 3 rings (SSSR count). The van der Waals surface area contributed by atoms with Crippen molar-refractivity contribution >= 4 is 22.9 Å². The Kier molecular flexibility index (Phi) is 6.74. The molecule has 29 heavy (non-hydrogen) atoms. The van der Waals surface area contributed by atoms with Gasteiger partial charge in [0, 0.05) is 11.1 Å². The number of aliphatic hydroxyl groups is 1. The average molecular weight is 396 g/mol. The molecule has 0 amide bonds. The third kappa shape index (κ3) is 5.05. The van der Waals surface area contributed by atoms with Gasteiger partial charge in [-0.3, -0.25) is 9.78 Å². The van der Waals surface area contributed by atoms with Crippen LogP contribution in [0.25, 0.3) is 17.0 Å². The maximum Gasteiger partial charge on any atom is 0.316 e. The zero-order chi connectivity index (χ0) is 21.0. The predicted octanol–water partition coefficient (Wildman–Crippen LogP) is 5.32. The van der Waals surface area contributed by atoms with Gasteiger partial charge in [-0.25, -0.2) is 0 Å². The molecule has 1 aromatic carbocycles. The monoisotopic (exact) mass is 395 g/mol. The predicted molar refractivity (Wildman–Crippen MR) is 117 cm³/mol. The molecular formula is C25H33NO3. The van der Waals surface area contributed by atoms with E-state index in [1.807, 2.05) is 19.1 Å². The zero-order valence-electron chi connectivity index (χ0n) is 18.0. The Morgan fingerprint density at radius 2 is 1.93 bits per heavy atom. The third-order valence-electron chi connectivity index (χ3n) is 6.22. The van der Waals surface area contributed by atoms with Gasteiger partial charge in [0.05, 0.1) is 17.0 Å². The van der Waals surface area contributed by atoms with E-state index < -0.39 is 5.41 Å². The van der Waals surface area contributed by atoms with Crippen LogP contribution < -0.4 is 0 Å². The highest BCUT2D eigenvalue weighted by atomic mass is 16.5. The van der Waals surface area contributed by atoms with E-state index in [9.17, 15) is 9.90 Å². The van der Waals surface area contributed by atoms with Crippen molar-refractivity contribution in [2.45, 2.75) is 72.0 Å². The van der Waals surface area contributed by atoms with Crippen LogP contribution in [-0.4, -0.2) is 28.3 Å². The number of esters is 1. The molecule has 1 heterocycles. The maximum atomic E-state index is 13.1. The summed E-state index contributed by atoms with van der Waals surface area (Å²) in [6.45, 7) is 8.15. The number of benzene rings is 1. The molecule has 1 fully saturated rings. The number of hydrogen-bond donors (Lipinski definition) is 1. The first-order valence-electron chi connectivity index (χ1n) is 10.8. The van der Waals surface area contributed by atoms with Crippen molar-refractivity contribution in [3.8, 4) is 0 Å². The van der Waals surface area contributed by atoms with E-state index in [0.717, 1.165) is 28.6 Å². The highest BCUT2D eigenvalue weighted by Crippen LogP contribution is 2.40. The Labute approximate surface area is 174 Å². The molecule has 1 atom stereocenters. The second-order valence-corrected chi connectivity index (χ2v) is 8.68. The molecule has 4 nitrogen and oxygen atoms in total. The highest BCUT2D eigenvalue weighted by molar-refractivity contribution is 5.83. The molecule has 2 aromatic rings. The van der Waals surface area contributed by atoms with Gasteiger partial charge in [0.1, 0.15) is 6.10 Å². The van der Waals surface area contributed by atoms with E-state index in [2.05, 4.69) is 51.1 Å². The van der Waals surface area contributed by atoms with E-state index in [1.165, 1.54) is 0 Å². The van der Waals surface area contributed by atoms with Crippen molar-refractivity contribution in [2.24, 2.45) is 11.3 Å². The largest absolute Gasteiger partial charge is 0.462 e. The zero-order valence-corrected chi connectivity index (χ0v) is 18.0. The fourth-order valence-corrected chi connectivity index (χ4v) is 3.71. The summed E-state index contributed by atoms with van der Waals surface area (Å²) in [5, 5.41) is 11.1. The van der Waals surface area contributed by atoms with Crippen molar-refractivity contribution in [3.63, 3.8) is 0 Å². The fourth-order valence-electron chi connectivity index (χ4n) is 3.71. The van der Waals surface area contributed by atoms with Crippen LogP contribution in [0.2, 0.25) is 0 Å². The topological polar surface area (TPSA) is 59.4 Å². The summed E-state index contributed by atoms with van der Waals surface area (Å²) >= 11 is 0. The Bertz CT molecular complexity index is 879. The number of hydrogen-bond acceptors (Lipinski definition) is 4. The summed E-state index contributed by atoms with van der Waals surface area (Å²) in [6, 6.07) is 10.4. The molecule has 1 unspecified atom stereocenters. The molecule has 1 aliphatic carbocycles. The average Bonchev–Trinajstić information content (AvgIpc) is 2.72. The van der Waals surface area contributed by atoms with E-state index in [-0.39, 0.29) is 24.1 Å². The van der Waals surface area contributed by atoms with Gasteiger partial charge in [0.25, 0.3) is 0 Å². The van der Waals surface area contributed by atoms with E-state index >= 15 is 0 Å². The minimum Gasteiger partial charge on any atom is -0.462 e. The number of rotatable bonds is 6. The van der Waals surface area contributed by atoms with Gasteiger partial charge in [0.2, 0.25) is 0 Å². The molecule has 0 saturated heterocycles. The molecule has 1 aromatic heterocycles. The molecule has 156 valence electrons. The normalized spacial score (nSPS) is 23.6. The summed E-state index contributed by atoms with van der Waals surface area (Å²) in [5.74, 6) is 0.0996. The Hall–Kier alpha value is -2.20. The summed E-state index contributed by atoms with van der Waals surface area (Å²) in [5.41, 5.74) is 2.39. The lowest BCUT2D eigenvalue weighted by Gasteiger charge is -2.35. The van der Waals surface area contributed by atoms with Crippen LogP contribution in [0, 0.1) is 11.3 Å². The number of carbonyl (C=O) groups is 1. The summed E-state index contributed by atoms with van der Waals surface area (Å²) in [7, 11) is 0. The first-order chi connectivity index (χ1) is 13.8. The van der Waals surface area contributed by atoms with Gasteiger partial charge in [0.15, 0.2) is 0 Å². The van der Waals surface area contributed by atoms with Crippen LogP contribution in [-0.2, 0) is 16.0 Å². The van der Waals surface area contributed by atoms with Crippen LogP contribution in [0.4, 0.5) is 0 Å². The second-order valence-electron chi connectivity index (χ2n) is 8.68. The first kappa shape index (κ1) is 21.5. The standard InChI is InChI=1S/C25H33NO3/c1-5-21-9-8-20-7-6-19(16-23(20)26-21)10-13-25(14-11-22(27)12-15-25)24(28)29-18(4)17(2)3/h6-10,13,16-18,22,27H,5,11-12,14-15H2,1-4H3/b13-10+/t18?,22-,25+. The van der Waals surface area contributed by atoms with Crippen LogP contribution in [0.1, 0.15) is 64.6 Å². The number of nitrogens with zero attached hydrogens (tertiary/aromatic N) is 1. The molecule has 0 bridgehead atoms. The van der Waals surface area contributed by atoms with Crippen molar-refractivity contribution in [1.29, 1.82) is 0 Å². The van der Waals surface area contributed by atoms with Crippen molar-refractivity contribution < 1.29 is 14.6 Å². The number of aromatic nitrogens is 1. The summed E-state index contributed by atoms with van der Waals surface area (Å²) < 4.78 is 5.79. The number of carbonyl (C=O) groups excluding carboxylic acids is 1. The van der Waals surface area contributed by atoms with Gasteiger partial charge in [-0.05, 0) is 62.6 Å². The lowest BCUT2D eigenvalue weighted by atomic mass is 9.72. The van der Waals surface area contributed by atoms with E-state index in [1.54, 1.807) is 0 Å². The Morgan fingerprint density at radius 3 is 2.59 bits per heavy atom. The van der Waals surface area contributed by atoms with Crippen LogP contribution in [0.5, 0.6) is 0 Å². The molecule has 0 spiro atoms. The van der Waals surface area contributed by atoms with Gasteiger partial charge >= 0.3 is 5.97 Å². The molecule has 0 aliphatic heterocycles. The quantitative estimate of drug-likeness (QED) is 0.673. The van der Waals surface area contributed by atoms with Crippen LogP contribution in [0.3, 0.4) is 0 Å². The fraction of sp³-hybridized carbons (Fsp3) is 0.520. The van der Waals surface area contributed by atoms with Crippen LogP contribution >= 0.6 is 0 Å². The number of pyridine rings is 1. The van der Waals surface area contributed by atoms with Gasteiger partial charge in [-0.15, -0.1) is 0 Å². The minimum atomic E-state index is -0.671. The number of ether oxygens (including phenoxy) is 1. The second kappa shape index (κ2) is 9.08. The minimum absolute atomic E-state index is 0.128. The molecular weight excluding hydrogens is 362 g/mol. The van der Waals surface area contributed by atoms with E-state index in [0.29, 0.717) is 25.7 Å². The number of aryl methyl sites for hydroxylation is 1. The van der Waals surface area contributed by atoms with Crippen molar-refractivity contribution in [1.82, 2.24) is 4.98 Å². The maximum absolute atomic E-state index is 13.1. The smallest absolute Gasteiger partial charge is 0.316 e. The molecule has 1 aliphatic rings. The molecule has 4 heteroatoms. The summed E-state index contributed by atoms with van der Waals surface area (Å²) in [6.07, 6.45) is 6.92. The molecule has 1 N–H and O–H groups in total. The van der Waals surface area contributed by atoms with Gasteiger partial charge in [-0.2, -0.15) is 0 Å². The molecule has 0 radical (unpaired) electrons. The lowest BCUT2D eigenvalue weighted by molar-refractivity contribution is -0.162. The number of fused-ring (bicyclic) bond motifs is 1. The number of aliphatic hydroxyl groups excluding tert-OH is 1. The van der Waals surface area contributed by atoms with Gasteiger partial charge in [-0.1, -0.05) is 51.1 Å². The lowest BCUT2D eigenvalue weighted by Crippen LogP contribution is -2.38. The SMILES string of the molecule is CCc1ccc2ccc(/C=C/[C@]3(C(=O)OC(C)C(C)C)CC[C@@H](O)CC3)cc2n1. The molecule has 1 saturated carbocycles. The third-order valence-corrected chi connectivity index (χ3v) is 6.22. The van der Waals surface area contributed by atoms with Gasteiger partial charge < -0.3 is 9.84 Å². The van der Waals surface area contributed by atoms with E-state index in [4.69, 9.17) is 9.72 Å². The van der Waals surface area contributed by atoms with Crippen LogP contribution in [0.15, 0.2) is 36.4 Å². The Balaban J connectivity index is 1.88.